The molecule has 0 aliphatic carbocycles. The largest absolute Gasteiger partial charge is 0.341 e. The summed E-state index contributed by atoms with van der Waals surface area (Å²) in [6, 6.07) is 2.09. The second-order valence-electron chi connectivity index (χ2n) is 6.56. The third-order valence-electron chi connectivity index (χ3n) is 4.78. The number of pyridine rings is 1. The van der Waals surface area contributed by atoms with Crippen LogP contribution in [0.1, 0.15) is 64.3 Å². The van der Waals surface area contributed by atoms with E-state index in [0.29, 0.717) is 5.92 Å². The molecule has 0 spiro atoms. The van der Waals surface area contributed by atoms with Crippen molar-refractivity contribution in [2.75, 3.05) is 13.1 Å². The maximum Gasteiger partial charge on any atom is 0.253 e. The molecule has 1 aliphatic rings. The molecule has 0 atom stereocenters. The van der Waals surface area contributed by atoms with Crippen LogP contribution in [-0.2, 0) is 4.79 Å². The number of carbonyl (C=O) groups is 1. The Bertz CT molecular complexity index is 827. The minimum Gasteiger partial charge on any atom is -0.341 e. The molecule has 1 saturated heterocycles. The van der Waals surface area contributed by atoms with Crippen molar-refractivity contribution in [3.63, 3.8) is 0 Å². The Morgan fingerprint density at radius 1 is 1.31 bits per heavy atom. The second kappa shape index (κ2) is 12.7. The Morgan fingerprint density at radius 3 is 2.55 bits per heavy atom. The van der Waals surface area contributed by atoms with Gasteiger partial charge >= 0.3 is 0 Å². The van der Waals surface area contributed by atoms with Crippen molar-refractivity contribution in [2.45, 2.75) is 59.8 Å². The van der Waals surface area contributed by atoms with E-state index in [9.17, 15) is 4.79 Å². The van der Waals surface area contributed by atoms with Crippen LogP contribution in [0, 0.1) is 6.92 Å². The van der Waals surface area contributed by atoms with Gasteiger partial charge in [0.1, 0.15) is 5.82 Å². The third kappa shape index (κ3) is 6.14. The monoisotopic (exact) mass is 396 g/mol. The predicted molar refractivity (Wildman–Crippen MR) is 123 cm³/mol. The number of aromatic nitrogens is 3. The Labute approximate surface area is 175 Å². The molecule has 1 aliphatic heterocycles. The molecule has 5 heteroatoms. The highest BCUT2D eigenvalue weighted by Crippen LogP contribution is 2.32. The van der Waals surface area contributed by atoms with E-state index >= 15 is 0 Å². The molecule has 0 unspecified atom stereocenters. The lowest BCUT2D eigenvalue weighted by Gasteiger charge is -2.32. The average Bonchev–Trinajstić information content (AvgIpc) is 3.16. The lowest BCUT2D eigenvalue weighted by atomic mass is 9.89. The van der Waals surface area contributed by atoms with E-state index in [2.05, 4.69) is 41.1 Å². The zero-order valence-electron chi connectivity index (χ0n) is 18.7. The van der Waals surface area contributed by atoms with E-state index < -0.39 is 0 Å². The number of fused-ring (bicyclic) bond motifs is 1. The van der Waals surface area contributed by atoms with Crippen LogP contribution in [0.4, 0.5) is 0 Å². The van der Waals surface area contributed by atoms with Crippen molar-refractivity contribution in [3.8, 4) is 0 Å². The number of allylic oxidation sites excluding steroid dienone is 2. The maximum atomic E-state index is 12.7. The molecule has 2 aromatic heterocycles. The number of aryl methyl sites for hydroxylation is 1. The number of rotatable bonds is 4. The van der Waals surface area contributed by atoms with Crippen molar-refractivity contribution < 1.29 is 4.79 Å². The highest BCUT2D eigenvalue weighted by molar-refractivity contribution is 5.96. The number of imidazole rings is 1. The van der Waals surface area contributed by atoms with E-state index in [1.807, 2.05) is 57.0 Å². The maximum absolute atomic E-state index is 12.7. The van der Waals surface area contributed by atoms with E-state index in [1.54, 1.807) is 0 Å². The van der Waals surface area contributed by atoms with Crippen LogP contribution in [0.2, 0.25) is 0 Å². The standard InChI is InChI=1S/C20H26N4O.C2H6.C2H4/c1-4-6-16(7-5-2)20(25)24-12-9-15(10-13-24)17-8-11-21-19-18(17)22-14(3)23-19;2*1-2/h4,6-8,11,15H,5,9-10,12-13H2,1-3H3,(H,21,22,23);1-2H3;1-2H2/b6-4-,16-7+;;. The highest BCUT2D eigenvalue weighted by atomic mass is 16.2. The molecule has 0 saturated carbocycles. The number of carbonyl (C=O) groups excluding carboxylic acids is 1. The lowest BCUT2D eigenvalue weighted by Crippen LogP contribution is -2.38. The van der Waals surface area contributed by atoms with Crippen molar-refractivity contribution in [1.82, 2.24) is 19.9 Å². The number of hydrogen-bond donors (Lipinski definition) is 1. The van der Waals surface area contributed by atoms with Crippen molar-refractivity contribution >= 4 is 17.1 Å². The van der Waals surface area contributed by atoms with Crippen LogP contribution in [0.3, 0.4) is 0 Å². The van der Waals surface area contributed by atoms with Gasteiger partial charge in [-0.1, -0.05) is 39.0 Å². The zero-order chi connectivity index (χ0) is 21.8. The number of hydrogen-bond acceptors (Lipinski definition) is 3. The van der Waals surface area contributed by atoms with Gasteiger partial charge in [-0.2, -0.15) is 0 Å². The molecule has 3 rings (SSSR count). The van der Waals surface area contributed by atoms with E-state index in [0.717, 1.165) is 54.9 Å². The molecule has 0 radical (unpaired) electrons. The van der Waals surface area contributed by atoms with E-state index in [4.69, 9.17) is 0 Å². The molecule has 1 N–H and O–H groups in total. The van der Waals surface area contributed by atoms with Gasteiger partial charge in [0.05, 0.1) is 5.52 Å². The summed E-state index contributed by atoms with van der Waals surface area (Å²) in [4.78, 5) is 26.8. The fourth-order valence-corrected chi connectivity index (χ4v) is 3.59. The Balaban J connectivity index is 0.000000989. The Morgan fingerprint density at radius 2 is 1.97 bits per heavy atom. The van der Waals surface area contributed by atoms with Crippen LogP contribution in [0.15, 0.2) is 49.2 Å². The molecule has 3 heterocycles. The molecule has 0 aromatic carbocycles. The van der Waals surface area contributed by atoms with Gasteiger partial charge in [-0.3, -0.25) is 4.79 Å². The molecular formula is C24H36N4O. The van der Waals surface area contributed by atoms with Crippen molar-refractivity contribution in [3.05, 3.63) is 60.6 Å². The van der Waals surface area contributed by atoms with E-state index in [1.165, 1.54) is 5.56 Å². The van der Waals surface area contributed by atoms with Crippen molar-refractivity contribution in [1.29, 1.82) is 0 Å². The minimum atomic E-state index is 0.149. The van der Waals surface area contributed by atoms with Gasteiger partial charge in [-0.05, 0) is 50.7 Å². The smallest absolute Gasteiger partial charge is 0.253 e. The summed E-state index contributed by atoms with van der Waals surface area (Å²) in [6.07, 6.45) is 10.5. The number of piperidine rings is 1. The number of amides is 1. The highest BCUT2D eigenvalue weighted by Gasteiger charge is 2.26. The molecular weight excluding hydrogens is 360 g/mol. The van der Waals surface area contributed by atoms with Crippen LogP contribution < -0.4 is 0 Å². The van der Waals surface area contributed by atoms with Crippen LogP contribution in [0.25, 0.3) is 11.2 Å². The lowest BCUT2D eigenvalue weighted by molar-refractivity contribution is -0.127. The Kier molecular flexibility index (Phi) is 10.7. The first-order valence-corrected chi connectivity index (χ1v) is 10.6. The molecule has 5 nitrogen and oxygen atoms in total. The number of H-pyrrole nitrogens is 1. The number of nitrogens with one attached hydrogen (secondary N) is 1. The summed E-state index contributed by atoms with van der Waals surface area (Å²) >= 11 is 0. The molecule has 158 valence electrons. The third-order valence-corrected chi connectivity index (χ3v) is 4.78. The molecule has 1 amide bonds. The summed E-state index contributed by atoms with van der Waals surface area (Å²) in [5.41, 5.74) is 3.91. The normalized spacial score (nSPS) is 14.9. The molecule has 0 bridgehead atoms. The predicted octanol–water partition coefficient (Wildman–Crippen LogP) is 5.71. The van der Waals surface area contributed by atoms with Crippen LogP contribution in [0.5, 0.6) is 0 Å². The summed E-state index contributed by atoms with van der Waals surface area (Å²) in [5, 5.41) is 0. The van der Waals surface area contributed by atoms with Gasteiger partial charge in [0, 0.05) is 24.9 Å². The minimum absolute atomic E-state index is 0.149. The quantitative estimate of drug-likeness (QED) is 0.409. The van der Waals surface area contributed by atoms with Crippen molar-refractivity contribution in [2.24, 2.45) is 0 Å². The average molecular weight is 397 g/mol. The fourth-order valence-electron chi connectivity index (χ4n) is 3.59. The van der Waals surface area contributed by atoms with Gasteiger partial charge < -0.3 is 9.88 Å². The number of aromatic amines is 1. The first-order chi connectivity index (χ1) is 14.1. The summed E-state index contributed by atoms with van der Waals surface area (Å²) in [6.45, 7) is 17.5. The fraction of sp³-hybridized carbons (Fsp3) is 0.458. The molecule has 29 heavy (non-hydrogen) atoms. The number of nitrogens with zero attached hydrogens (tertiary/aromatic N) is 3. The van der Waals surface area contributed by atoms with Gasteiger partial charge in [0.15, 0.2) is 5.65 Å². The second-order valence-corrected chi connectivity index (χ2v) is 6.56. The van der Waals surface area contributed by atoms with Gasteiger partial charge in [-0.25, -0.2) is 9.97 Å². The topological polar surface area (TPSA) is 61.9 Å². The summed E-state index contributed by atoms with van der Waals surface area (Å²) < 4.78 is 0. The van der Waals surface area contributed by atoms with Crippen LogP contribution in [-0.4, -0.2) is 38.8 Å². The zero-order valence-corrected chi connectivity index (χ0v) is 18.7. The summed E-state index contributed by atoms with van der Waals surface area (Å²) in [5.74, 6) is 1.48. The molecule has 1 fully saturated rings. The van der Waals surface area contributed by atoms with Gasteiger partial charge in [0.25, 0.3) is 5.91 Å². The SMILES string of the molecule is C/C=C\C(=C/CC)C(=O)N1CCC(c2ccnc3nc(C)[nH]c23)CC1.C=C.CC. The first-order valence-electron chi connectivity index (χ1n) is 10.6. The van der Waals surface area contributed by atoms with E-state index in [-0.39, 0.29) is 5.91 Å². The molecule has 2 aromatic rings. The summed E-state index contributed by atoms with van der Waals surface area (Å²) in [7, 11) is 0. The van der Waals surface area contributed by atoms with Crippen LogP contribution >= 0.6 is 0 Å². The van der Waals surface area contributed by atoms with Gasteiger partial charge in [0.2, 0.25) is 0 Å². The Hall–Kier alpha value is -2.69. The number of likely N-dealkylation sites (tertiary alicyclic amines) is 1. The first kappa shape index (κ1) is 24.3. The van der Waals surface area contributed by atoms with Gasteiger partial charge in [-0.15, -0.1) is 13.2 Å².